The number of carbonyl (C=O) groups excluding carboxylic acids is 1. The van der Waals surface area contributed by atoms with E-state index >= 15 is 0 Å². The van der Waals surface area contributed by atoms with Gasteiger partial charge < -0.3 is 14.9 Å². The number of halogens is 1. The third-order valence-corrected chi connectivity index (χ3v) is 3.93. The van der Waals surface area contributed by atoms with Gasteiger partial charge in [-0.15, -0.1) is 0 Å². The Balaban J connectivity index is 2.09. The van der Waals surface area contributed by atoms with Crippen LogP contribution in [0.2, 0.25) is 5.02 Å². The summed E-state index contributed by atoms with van der Waals surface area (Å²) in [5.41, 5.74) is 3.60. The number of hydrogen-bond acceptors (Lipinski definition) is 3. The Morgan fingerprint density at radius 3 is 2.82 bits per heavy atom. The first-order chi connectivity index (χ1) is 10.7. The van der Waals surface area contributed by atoms with Gasteiger partial charge in [-0.1, -0.05) is 29.8 Å². The fourth-order valence-electron chi connectivity index (χ4n) is 2.64. The first-order valence-electron chi connectivity index (χ1n) is 7.07. The van der Waals surface area contributed by atoms with Crippen LogP contribution in [-0.4, -0.2) is 15.9 Å². The standard InChI is InChI=1S/C17H15ClN2O2/c18-13-7-3-5-11-12(6-4-9-15(21)22)17(20-16(11)13)14-8-1-2-10-19-14/h1-3,5,7-8,10,20H,4,6,9H2,(H,21,22)/p-1. The van der Waals surface area contributed by atoms with Crippen molar-refractivity contribution in [1.82, 2.24) is 9.97 Å². The van der Waals surface area contributed by atoms with Gasteiger partial charge in [0, 0.05) is 17.6 Å². The van der Waals surface area contributed by atoms with E-state index in [1.165, 1.54) is 0 Å². The normalized spacial score (nSPS) is 11.0. The number of carbonyl (C=O) groups is 1. The van der Waals surface area contributed by atoms with Crippen LogP contribution in [0, 0.1) is 0 Å². The van der Waals surface area contributed by atoms with Crippen molar-refractivity contribution in [3.05, 3.63) is 53.2 Å². The van der Waals surface area contributed by atoms with Crippen LogP contribution >= 0.6 is 11.6 Å². The minimum atomic E-state index is -1.03. The topological polar surface area (TPSA) is 68.8 Å². The molecule has 5 heteroatoms. The van der Waals surface area contributed by atoms with Crippen molar-refractivity contribution >= 4 is 28.5 Å². The molecule has 112 valence electrons. The van der Waals surface area contributed by atoms with Gasteiger partial charge >= 0.3 is 0 Å². The number of hydrogen-bond donors (Lipinski definition) is 1. The number of pyridine rings is 1. The summed E-state index contributed by atoms with van der Waals surface area (Å²) in [7, 11) is 0. The Morgan fingerprint density at radius 2 is 2.09 bits per heavy atom. The monoisotopic (exact) mass is 313 g/mol. The van der Waals surface area contributed by atoms with Gasteiger partial charge in [0.15, 0.2) is 0 Å². The summed E-state index contributed by atoms with van der Waals surface area (Å²) >= 11 is 6.26. The zero-order valence-electron chi connectivity index (χ0n) is 11.8. The van der Waals surface area contributed by atoms with E-state index in [0.717, 1.165) is 27.9 Å². The van der Waals surface area contributed by atoms with Crippen LogP contribution in [0.1, 0.15) is 18.4 Å². The van der Waals surface area contributed by atoms with E-state index in [0.29, 0.717) is 17.9 Å². The highest BCUT2D eigenvalue weighted by Crippen LogP contribution is 2.33. The molecule has 0 atom stereocenters. The summed E-state index contributed by atoms with van der Waals surface area (Å²) in [4.78, 5) is 18.4. The lowest BCUT2D eigenvalue weighted by Crippen LogP contribution is -2.21. The van der Waals surface area contributed by atoms with Gasteiger partial charge in [-0.3, -0.25) is 4.98 Å². The Morgan fingerprint density at radius 1 is 1.23 bits per heavy atom. The number of aryl methyl sites for hydroxylation is 1. The first-order valence-corrected chi connectivity index (χ1v) is 7.45. The number of aromatic nitrogens is 2. The molecular weight excluding hydrogens is 300 g/mol. The third-order valence-electron chi connectivity index (χ3n) is 3.62. The molecule has 22 heavy (non-hydrogen) atoms. The number of nitrogens with one attached hydrogen (secondary N) is 1. The summed E-state index contributed by atoms with van der Waals surface area (Å²) in [5.74, 6) is -1.03. The number of benzene rings is 1. The molecule has 0 saturated carbocycles. The predicted molar refractivity (Wildman–Crippen MR) is 84.5 cm³/mol. The van der Waals surface area contributed by atoms with Gasteiger partial charge in [-0.05, 0) is 43.0 Å². The van der Waals surface area contributed by atoms with E-state index in [2.05, 4.69) is 9.97 Å². The molecule has 0 unspecified atom stereocenters. The molecule has 0 aliphatic rings. The fraction of sp³-hybridized carbons (Fsp3) is 0.176. The molecule has 3 aromatic rings. The number of rotatable bonds is 5. The second kappa shape index (κ2) is 6.20. The number of aromatic amines is 1. The van der Waals surface area contributed by atoms with Gasteiger partial charge in [0.25, 0.3) is 0 Å². The summed E-state index contributed by atoms with van der Waals surface area (Å²) in [6.07, 6.45) is 2.91. The van der Waals surface area contributed by atoms with Crippen LogP contribution < -0.4 is 5.11 Å². The number of carboxylic acid groups (broad SMARTS) is 1. The zero-order valence-corrected chi connectivity index (χ0v) is 12.6. The molecule has 0 bridgehead atoms. The van der Waals surface area contributed by atoms with E-state index in [1.807, 2.05) is 36.4 Å². The van der Waals surface area contributed by atoms with Crippen molar-refractivity contribution in [3.63, 3.8) is 0 Å². The van der Waals surface area contributed by atoms with E-state index in [1.54, 1.807) is 6.20 Å². The van der Waals surface area contributed by atoms with Crippen molar-refractivity contribution in [2.45, 2.75) is 19.3 Å². The molecule has 0 saturated heterocycles. The summed E-state index contributed by atoms with van der Waals surface area (Å²) in [6.45, 7) is 0. The van der Waals surface area contributed by atoms with Gasteiger partial charge in [-0.25, -0.2) is 0 Å². The van der Waals surface area contributed by atoms with Gasteiger partial charge in [-0.2, -0.15) is 0 Å². The minimum Gasteiger partial charge on any atom is -0.550 e. The van der Waals surface area contributed by atoms with Crippen LogP contribution in [0.3, 0.4) is 0 Å². The number of aliphatic carboxylic acids is 1. The van der Waals surface area contributed by atoms with Crippen molar-refractivity contribution in [3.8, 4) is 11.4 Å². The SMILES string of the molecule is O=C([O-])CCCc1c(-c2ccccn2)[nH]c2c(Cl)cccc12. The summed E-state index contributed by atoms with van der Waals surface area (Å²) < 4.78 is 0. The number of carboxylic acids is 1. The molecule has 1 N–H and O–H groups in total. The maximum atomic E-state index is 10.6. The van der Waals surface area contributed by atoms with E-state index in [-0.39, 0.29) is 6.42 Å². The highest BCUT2D eigenvalue weighted by Gasteiger charge is 2.15. The Kier molecular flexibility index (Phi) is 4.11. The maximum absolute atomic E-state index is 10.6. The number of fused-ring (bicyclic) bond motifs is 1. The average Bonchev–Trinajstić information content (AvgIpc) is 2.88. The van der Waals surface area contributed by atoms with E-state index in [4.69, 9.17) is 11.6 Å². The fourth-order valence-corrected chi connectivity index (χ4v) is 2.86. The van der Waals surface area contributed by atoms with Crippen LogP contribution in [0.25, 0.3) is 22.3 Å². The van der Waals surface area contributed by atoms with Gasteiger partial charge in [0.05, 0.1) is 21.9 Å². The smallest absolute Gasteiger partial charge is 0.0867 e. The molecule has 0 radical (unpaired) electrons. The first kappa shape index (κ1) is 14.6. The van der Waals surface area contributed by atoms with Crippen LogP contribution in [0.5, 0.6) is 0 Å². The van der Waals surface area contributed by atoms with Crippen molar-refractivity contribution < 1.29 is 9.90 Å². The van der Waals surface area contributed by atoms with Gasteiger partial charge in [0.2, 0.25) is 0 Å². The van der Waals surface area contributed by atoms with Gasteiger partial charge in [0.1, 0.15) is 0 Å². The Labute approximate surface area is 132 Å². The lowest BCUT2D eigenvalue weighted by molar-refractivity contribution is -0.305. The summed E-state index contributed by atoms with van der Waals surface area (Å²) in [6, 6.07) is 11.4. The lowest BCUT2D eigenvalue weighted by atomic mass is 10.0. The quantitative estimate of drug-likeness (QED) is 0.787. The predicted octanol–water partition coefficient (Wildman–Crippen LogP) is 2.96. The molecule has 2 aromatic heterocycles. The van der Waals surface area contributed by atoms with Crippen molar-refractivity contribution in [2.75, 3.05) is 0 Å². The lowest BCUT2D eigenvalue weighted by Gasteiger charge is -2.05. The van der Waals surface area contributed by atoms with E-state index in [9.17, 15) is 9.90 Å². The van der Waals surface area contributed by atoms with Crippen LogP contribution in [-0.2, 0) is 11.2 Å². The zero-order chi connectivity index (χ0) is 15.5. The highest BCUT2D eigenvalue weighted by atomic mass is 35.5. The molecule has 0 fully saturated rings. The van der Waals surface area contributed by atoms with E-state index < -0.39 is 5.97 Å². The summed E-state index contributed by atoms with van der Waals surface area (Å²) in [5, 5.41) is 12.3. The third kappa shape index (κ3) is 2.83. The highest BCUT2D eigenvalue weighted by molar-refractivity contribution is 6.35. The number of para-hydroxylation sites is 1. The average molecular weight is 314 g/mol. The molecule has 0 amide bonds. The molecular formula is C17H14ClN2O2-. The number of nitrogens with zero attached hydrogens (tertiary/aromatic N) is 1. The van der Waals surface area contributed by atoms with Crippen molar-refractivity contribution in [2.24, 2.45) is 0 Å². The Bertz CT molecular complexity index is 812. The number of H-pyrrole nitrogens is 1. The van der Waals surface area contributed by atoms with Crippen molar-refractivity contribution in [1.29, 1.82) is 0 Å². The molecule has 3 rings (SSSR count). The Hall–Kier alpha value is -2.33. The molecule has 0 aliphatic carbocycles. The molecule has 0 spiro atoms. The second-order valence-corrected chi connectivity index (χ2v) is 5.49. The van der Waals surface area contributed by atoms with Crippen LogP contribution in [0.4, 0.5) is 0 Å². The molecule has 4 nitrogen and oxygen atoms in total. The molecule has 0 aliphatic heterocycles. The van der Waals surface area contributed by atoms with Crippen LogP contribution in [0.15, 0.2) is 42.6 Å². The second-order valence-electron chi connectivity index (χ2n) is 5.08. The minimum absolute atomic E-state index is 0.0366. The largest absolute Gasteiger partial charge is 0.550 e. The molecule has 2 heterocycles. The molecule has 1 aromatic carbocycles. The maximum Gasteiger partial charge on any atom is 0.0867 e.